The summed E-state index contributed by atoms with van der Waals surface area (Å²) in [5.74, 6) is -0.466. The molecule has 0 saturated carbocycles. The molecule has 0 aliphatic rings. The molecule has 1 aromatic carbocycles. The van der Waals surface area contributed by atoms with Gasteiger partial charge in [0.05, 0.1) is 0 Å². The van der Waals surface area contributed by atoms with Gasteiger partial charge in [0.2, 0.25) is 5.13 Å². The van der Waals surface area contributed by atoms with E-state index in [1.807, 2.05) is 44.2 Å². The predicted octanol–water partition coefficient (Wildman–Crippen LogP) is 3.21. The van der Waals surface area contributed by atoms with Crippen LogP contribution in [0.5, 0.6) is 0 Å². The van der Waals surface area contributed by atoms with E-state index in [1.165, 1.54) is 11.3 Å². The largest absolute Gasteiger partial charge is 0.296 e. The Bertz CT molecular complexity index is 743. The molecule has 0 saturated heterocycles. The monoisotopic (exact) mass is 312 g/mol. The molecule has 1 heterocycles. The minimum Gasteiger partial charge on any atom is -0.296 e. The molecule has 0 aliphatic heterocycles. The molecule has 112 valence electrons. The first-order chi connectivity index (χ1) is 10.7. The lowest BCUT2D eigenvalue weighted by molar-refractivity contribution is -0.112. The summed E-state index contributed by atoms with van der Waals surface area (Å²) in [5, 5.41) is 20.9. The zero-order chi connectivity index (χ0) is 15.9. The number of nitriles is 1. The van der Waals surface area contributed by atoms with E-state index < -0.39 is 5.91 Å². The quantitative estimate of drug-likeness (QED) is 0.679. The van der Waals surface area contributed by atoms with Crippen LogP contribution in [0.15, 0.2) is 29.8 Å². The fraction of sp³-hybridized carbons (Fsp3) is 0.250. The van der Waals surface area contributed by atoms with Crippen LogP contribution in [-0.2, 0) is 17.6 Å². The molecule has 2 rings (SSSR count). The van der Waals surface area contributed by atoms with Gasteiger partial charge in [-0.3, -0.25) is 10.1 Å². The number of nitrogens with one attached hydrogen (secondary N) is 1. The summed E-state index contributed by atoms with van der Waals surface area (Å²) in [5.41, 5.74) is 2.02. The molecule has 6 heteroatoms. The number of carbonyl (C=O) groups is 1. The summed E-state index contributed by atoms with van der Waals surface area (Å²) in [7, 11) is 0. The molecule has 1 N–H and O–H groups in total. The van der Waals surface area contributed by atoms with Gasteiger partial charge in [0.1, 0.15) is 16.6 Å². The van der Waals surface area contributed by atoms with E-state index in [-0.39, 0.29) is 5.57 Å². The van der Waals surface area contributed by atoms with Gasteiger partial charge in [-0.1, -0.05) is 49.4 Å². The number of nitrogens with zero attached hydrogens (tertiary/aromatic N) is 3. The highest BCUT2D eigenvalue weighted by Crippen LogP contribution is 2.18. The lowest BCUT2D eigenvalue weighted by Crippen LogP contribution is -2.13. The van der Waals surface area contributed by atoms with Crippen LogP contribution in [0.25, 0.3) is 6.08 Å². The number of hydrogen-bond acceptors (Lipinski definition) is 5. The van der Waals surface area contributed by atoms with Crippen molar-refractivity contribution in [3.05, 3.63) is 46.0 Å². The van der Waals surface area contributed by atoms with Crippen molar-refractivity contribution in [2.45, 2.75) is 26.7 Å². The number of hydrogen-bond donors (Lipinski definition) is 1. The Labute approximate surface area is 133 Å². The van der Waals surface area contributed by atoms with Crippen molar-refractivity contribution in [3.63, 3.8) is 0 Å². The second-order valence-electron chi connectivity index (χ2n) is 4.53. The molecule has 0 radical (unpaired) electrons. The van der Waals surface area contributed by atoms with E-state index in [0.29, 0.717) is 5.13 Å². The lowest BCUT2D eigenvalue weighted by Gasteiger charge is -2.04. The summed E-state index contributed by atoms with van der Waals surface area (Å²) >= 11 is 1.31. The van der Waals surface area contributed by atoms with Crippen molar-refractivity contribution in [2.75, 3.05) is 5.32 Å². The van der Waals surface area contributed by atoms with Gasteiger partial charge in [-0.15, -0.1) is 10.2 Å². The van der Waals surface area contributed by atoms with Gasteiger partial charge in [-0.2, -0.15) is 5.26 Å². The Kier molecular flexibility index (Phi) is 5.39. The number of anilines is 1. The lowest BCUT2D eigenvalue weighted by atomic mass is 10.0. The van der Waals surface area contributed by atoms with Crippen LogP contribution in [0.4, 0.5) is 5.13 Å². The molecule has 22 heavy (non-hydrogen) atoms. The molecule has 5 nitrogen and oxygen atoms in total. The average molecular weight is 312 g/mol. The topological polar surface area (TPSA) is 78.7 Å². The predicted molar refractivity (Wildman–Crippen MR) is 87.3 cm³/mol. The maximum atomic E-state index is 12.2. The number of benzene rings is 1. The maximum Gasteiger partial charge on any atom is 0.268 e. The molecule has 1 aromatic heterocycles. The van der Waals surface area contributed by atoms with Crippen molar-refractivity contribution in [2.24, 2.45) is 0 Å². The van der Waals surface area contributed by atoms with E-state index in [0.717, 1.165) is 29.0 Å². The third-order valence-corrected chi connectivity index (χ3v) is 4.07. The van der Waals surface area contributed by atoms with Gasteiger partial charge in [-0.05, 0) is 30.0 Å². The van der Waals surface area contributed by atoms with Gasteiger partial charge in [0.15, 0.2) is 0 Å². The molecule has 0 aliphatic carbocycles. The Hall–Kier alpha value is -2.52. The molecule has 0 fully saturated rings. The first-order valence-electron chi connectivity index (χ1n) is 7.01. The van der Waals surface area contributed by atoms with E-state index in [9.17, 15) is 10.1 Å². The fourth-order valence-corrected chi connectivity index (χ4v) is 2.59. The first kappa shape index (κ1) is 15.9. The Morgan fingerprint density at radius 2 is 2.09 bits per heavy atom. The van der Waals surface area contributed by atoms with Crippen LogP contribution in [0, 0.1) is 11.3 Å². The summed E-state index contributed by atoms with van der Waals surface area (Å²) in [6.45, 7) is 4.00. The molecule has 0 atom stereocenters. The number of amides is 1. The summed E-state index contributed by atoms with van der Waals surface area (Å²) in [6.07, 6.45) is 3.21. The molecule has 2 aromatic rings. The zero-order valence-corrected chi connectivity index (χ0v) is 13.3. The van der Waals surface area contributed by atoms with Gasteiger partial charge < -0.3 is 0 Å². The Morgan fingerprint density at radius 1 is 1.32 bits per heavy atom. The van der Waals surface area contributed by atoms with Gasteiger partial charge >= 0.3 is 0 Å². The highest BCUT2D eigenvalue weighted by Gasteiger charge is 2.13. The second-order valence-corrected chi connectivity index (χ2v) is 5.59. The third-order valence-electron chi connectivity index (χ3n) is 3.09. The van der Waals surface area contributed by atoms with Crippen LogP contribution in [0.2, 0.25) is 0 Å². The SMILES string of the molecule is CCc1nnc(NC(=O)C(C#N)=Cc2ccccc2CC)s1. The first-order valence-corrected chi connectivity index (χ1v) is 7.83. The maximum absolute atomic E-state index is 12.2. The summed E-state index contributed by atoms with van der Waals surface area (Å²) in [4.78, 5) is 12.2. The normalized spacial score (nSPS) is 11.0. The van der Waals surface area contributed by atoms with E-state index >= 15 is 0 Å². The summed E-state index contributed by atoms with van der Waals surface area (Å²) < 4.78 is 0. The number of aromatic nitrogens is 2. The third kappa shape index (κ3) is 3.77. The smallest absolute Gasteiger partial charge is 0.268 e. The number of carbonyl (C=O) groups excluding carboxylic acids is 1. The average Bonchev–Trinajstić information content (AvgIpc) is 3.00. The van der Waals surface area contributed by atoms with Crippen LogP contribution >= 0.6 is 11.3 Å². The van der Waals surface area contributed by atoms with Crippen LogP contribution in [-0.4, -0.2) is 16.1 Å². The van der Waals surface area contributed by atoms with Crippen molar-refractivity contribution in [1.82, 2.24) is 10.2 Å². The van der Waals surface area contributed by atoms with Crippen molar-refractivity contribution in [1.29, 1.82) is 5.26 Å². The van der Waals surface area contributed by atoms with E-state index in [1.54, 1.807) is 6.08 Å². The van der Waals surface area contributed by atoms with Crippen molar-refractivity contribution < 1.29 is 4.79 Å². The highest BCUT2D eigenvalue weighted by molar-refractivity contribution is 7.15. The number of rotatable bonds is 5. The highest BCUT2D eigenvalue weighted by atomic mass is 32.1. The minimum absolute atomic E-state index is 0.0501. The number of aryl methyl sites for hydroxylation is 2. The Balaban J connectivity index is 2.22. The molecule has 0 bridgehead atoms. The molecule has 1 amide bonds. The van der Waals surface area contributed by atoms with E-state index in [2.05, 4.69) is 15.5 Å². The van der Waals surface area contributed by atoms with Crippen LogP contribution in [0.1, 0.15) is 30.0 Å². The second kappa shape index (κ2) is 7.48. The molecular weight excluding hydrogens is 296 g/mol. The summed E-state index contributed by atoms with van der Waals surface area (Å²) in [6, 6.07) is 9.65. The molecule has 0 unspecified atom stereocenters. The fourth-order valence-electron chi connectivity index (χ4n) is 1.91. The molecular formula is C16H16N4OS. The Morgan fingerprint density at radius 3 is 2.73 bits per heavy atom. The van der Waals surface area contributed by atoms with Crippen LogP contribution in [0.3, 0.4) is 0 Å². The zero-order valence-electron chi connectivity index (χ0n) is 12.5. The molecule has 0 spiro atoms. The minimum atomic E-state index is -0.466. The van der Waals surface area contributed by atoms with Gasteiger partial charge in [-0.25, -0.2) is 0 Å². The van der Waals surface area contributed by atoms with Gasteiger partial charge in [0, 0.05) is 0 Å². The van der Waals surface area contributed by atoms with Crippen molar-refractivity contribution >= 4 is 28.5 Å². The van der Waals surface area contributed by atoms with Crippen LogP contribution < -0.4 is 5.32 Å². The van der Waals surface area contributed by atoms with Crippen molar-refractivity contribution in [3.8, 4) is 6.07 Å². The standard InChI is InChI=1S/C16H16N4OS/c1-3-11-7-5-6-8-12(11)9-13(10-17)15(21)18-16-20-19-14(4-2)22-16/h5-9H,3-4H2,1-2H3,(H,18,20,21). The van der Waals surface area contributed by atoms with E-state index in [4.69, 9.17) is 0 Å². The van der Waals surface area contributed by atoms with Gasteiger partial charge in [0.25, 0.3) is 5.91 Å².